The first kappa shape index (κ1) is 30.2. The van der Waals surface area contributed by atoms with Crippen LogP contribution < -0.4 is 10.1 Å². The van der Waals surface area contributed by atoms with Crippen molar-refractivity contribution >= 4 is 23.8 Å². The minimum Gasteiger partial charge on any atom is -0.444 e. The summed E-state index contributed by atoms with van der Waals surface area (Å²) in [5, 5.41) is 7.03. The average molecular weight is 581 g/mol. The summed E-state index contributed by atoms with van der Waals surface area (Å²) in [4.78, 5) is 29.7. The molecule has 1 amide bonds. The number of alkyl carbamates (subject to hydrolysis) is 1. The number of thioether (sulfide) groups is 1. The minimum atomic E-state index is -1.13. The zero-order chi connectivity index (χ0) is 29.2. The van der Waals surface area contributed by atoms with Crippen LogP contribution in [0.5, 0.6) is 5.88 Å². The molecule has 4 rings (SSSR count). The highest BCUT2D eigenvalue weighted by atomic mass is 32.2. The zero-order valence-electron chi connectivity index (χ0n) is 23.9. The molecule has 0 saturated heterocycles. The molecule has 220 valence electrons. The predicted molar refractivity (Wildman–Crippen MR) is 147 cm³/mol. The molecule has 1 atom stereocenters. The highest BCUT2D eigenvalue weighted by Gasteiger charge is 2.49. The largest absolute Gasteiger partial charge is 0.444 e. The third-order valence-electron chi connectivity index (χ3n) is 7.03. The van der Waals surface area contributed by atoms with Gasteiger partial charge in [0.25, 0.3) is 0 Å². The van der Waals surface area contributed by atoms with Gasteiger partial charge in [0.05, 0.1) is 17.9 Å². The molecule has 2 aromatic heterocycles. The number of nitrogens with one attached hydrogen (secondary N) is 1. The van der Waals surface area contributed by atoms with Gasteiger partial charge in [-0.25, -0.2) is 18.7 Å². The molecule has 2 aliphatic carbocycles. The molecule has 9 nitrogen and oxygen atoms in total. The number of hydrogen-bond donors (Lipinski definition) is 1. The molecule has 0 bridgehead atoms. The molecule has 0 unspecified atom stereocenters. The topological polar surface area (TPSA) is 105 Å². The Labute approximate surface area is 237 Å². The van der Waals surface area contributed by atoms with E-state index in [2.05, 4.69) is 15.4 Å². The second-order valence-corrected chi connectivity index (χ2v) is 12.5. The van der Waals surface area contributed by atoms with Crippen molar-refractivity contribution < 1.29 is 32.6 Å². The van der Waals surface area contributed by atoms with Crippen molar-refractivity contribution in [2.24, 2.45) is 17.8 Å². The average Bonchev–Trinajstić information content (AvgIpc) is 3.77. The van der Waals surface area contributed by atoms with Gasteiger partial charge < -0.3 is 19.5 Å². The minimum absolute atomic E-state index is 0.136. The van der Waals surface area contributed by atoms with E-state index in [9.17, 15) is 9.59 Å². The normalized spacial score (nSPS) is 16.2. The molecular weight excluding hydrogens is 542 g/mol. The van der Waals surface area contributed by atoms with E-state index in [1.54, 1.807) is 51.1 Å². The van der Waals surface area contributed by atoms with E-state index in [0.717, 1.165) is 37.5 Å². The summed E-state index contributed by atoms with van der Waals surface area (Å²) in [5.41, 5.74) is 0.0722. The van der Waals surface area contributed by atoms with Crippen LogP contribution in [0.2, 0.25) is 0 Å². The molecule has 2 aromatic rings. The van der Waals surface area contributed by atoms with E-state index in [1.165, 1.54) is 0 Å². The number of aromatic nitrogens is 3. The van der Waals surface area contributed by atoms with Gasteiger partial charge in [-0.05, 0) is 84.3 Å². The molecule has 0 spiro atoms. The molecule has 1 N–H and O–H groups in total. The Kier molecular flexibility index (Phi) is 9.39. The fourth-order valence-corrected chi connectivity index (χ4v) is 5.31. The number of carbonyl (C=O) groups is 2. The summed E-state index contributed by atoms with van der Waals surface area (Å²) in [6.45, 7) is 9.19. The number of ether oxygens (including phenoxy) is 3. The monoisotopic (exact) mass is 580 g/mol. The van der Waals surface area contributed by atoms with Crippen molar-refractivity contribution in [3.8, 4) is 17.0 Å². The number of amides is 1. The van der Waals surface area contributed by atoms with Gasteiger partial charge in [0.2, 0.25) is 11.8 Å². The van der Waals surface area contributed by atoms with E-state index in [-0.39, 0.29) is 35.6 Å². The van der Waals surface area contributed by atoms with Crippen molar-refractivity contribution in [3.63, 3.8) is 0 Å². The van der Waals surface area contributed by atoms with Gasteiger partial charge in [0, 0.05) is 23.1 Å². The lowest BCUT2D eigenvalue weighted by Crippen LogP contribution is -2.50. The first-order valence-electron chi connectivity index (χ1n) is 13.6. The van der Waals surface area contributed by atoms with E-state index in [1.807, 2.05) is 6.26 Å². The maximum Gasteiger partial charge on any atom is 0.408 e. The standard InChI is InChI=1S/C28H38F2N4O5S/c1-15-21(16(2)34(33-15)14-37-11-12-40-6)23-19(29)13-20(31-25(23)30)38-26(35)24(32-27(36)39-28(3,4)5)22(17-7-8-17)18-9-10-18/h13,17-18,22,24H,7-12,14H2,1-6H3,(H,32,36)/t24-/m0/s1. The van der Waals surface area contributed by atoms with Crippen LogP contribution in [-0.2, 0) is 21.0 Å². The Morgan fingerprint density at radius 1 is 1.15 bits per heavy atom. The second kappa shape index (κ2) is 12.4. The molecule has 0 radical (unpaired) electrons. The third-order valence-corrected chi connectivity index (χ3v) is 7.60. The van der Waals surface area contributed by atoms with Gasteiger partial charge in [0.1, 0.15) is 24.2 Å². The van der Waals surface area contributed by atoms with Gasteiger partial charge >= 0.3 is 12.1 Å². The number of hydrogen-bond acceptors (Lipinski definition) is 8. The van der Waals surface area contributed by atoms with Crippen molar-refractivity contribution in [2.75, 3.05) is 18.6 Å². The molecule has 0 aliphatic heterocycles. The molecular formula is C28H38F2N4O5S. The van der Waals surface area contributed by atoms with Gasteiger partial charge in [-0.1, -0.05) is 0 Å². The smallest absolute Gasteiger partial charge is 0.408 e. The third kappa shape index (κ3) is 7.51. The summed E-state index contributed by atoms with van der Waals surface area (Å²) in [6.07, 6.45) is 5.03. The zero-order valence-corrected chi connectivity index (χ0v) is 24.7. The van der Waals surface area contributed by atoms with Crippen LogP contribution in [0.3, 0.4) is 0 Å². The van der Waals surface area contributed by atoms with Gasteiger partial charge in [-0.15, -0.1) is 0 Å². The van der Waals surface area contributed by atoms with E-state index in [0.29, 0.717) is 18.0 Å². The summed E-state index contributed by atoms with van der Waals surface area (Å²) in [7, 11) is 0. The number of esters is 1. The molecule has 2 aliphatic rings. The maximum absolute atomic E-state index is 15.4. The van der Waals surface area contributed by atoms with Gasteiger partial charge in [0.15, 0.2) is 0 Å². The summed E-state index contributed by atoms with van der Waals surface area (Å²) >= 11 is 1.65. The molecule has 0 aromatic carbocycles. The van der Waals surface area contributed by atoms with Gasteiger partial charge in [-0.3, -0.25) is 0 Å². The number of aryl methyl sites for hydroxylation is 1. The van der Waals surface area contributed by atoms with Crippen molar-refractivity contribution in [3.05, 3.63) is 29.2 Å². The Bertz CT molecular complexity index is 1210. The fraction of sp³-hybridized carbons (Fsp3) is 0.643. The van der Waals surface area contributed by atoms with Crippen molar-refractivity contribution in [2.45, 2.75) is 78.7 Å². The van der Waals surface area contributed by atoms with Crippen LogP contribution in [0.25, 0.3) is 11.1 Å². The van der Waals surface area contributed by atoms with Crippen molar-refractivity contribution in [1.82, 2.24) is 20.1 Å². The summed E-state index contributed by atoms with van der Waals surface area (Å²) in [6, 6.07) is -0.133. The predicted octanol–water partition coefficient (Wildman–Crippen LogP) is 5.41. The Hall–Kier alpha value is -2.73. The maximum atomic E-state index is 15.4. The Morgan fingerprint density at radius 2 is 1.80 bits per heavy atom. The molecule has 12 heteroatoms. The first-order valence-corrected chi connectivity index (χ1v) is 15.0. The quantitative estimate of drug-likeness (QED) is 0.202. The lowest BCUT2D eigenvalue weighted by Gasteiger charge is -2.28. The summed E-state index contributed by atoms with van der Waals surface area (Å²) < 4.78 is 48.6. The number of rotatable bonds is 12. The number of nitrogens with zero attached hydrogens (tertiary/aromatic N) is 3. The highest BCUT2D eigenvalue weighted by molar-refractivity contribution is 7.98. The fourth-order valence-electron chi connectivity index (χ4n) is 5.02. The Balaban J connectivity index is 1.55. The van der Waals surface area contributed by atoms with Crippen LogP contribution in [-0.4, -0.2) is 57.1 Å². The number of carbonyl (C=O) groups excluding carboxylic acids is 2. The molecule has 2 saturated carbocycles. The van der Waals surface area contributed by atoms with Crippen LogP contribution in [0.15, 0.2) is 6.07 Å². The summed E-state index contributed by atoms with van der Waals surface area (Å²) in [5.74, 6) is -2.19. The van der Waals surface area contributed by atoms with Crippen LogP contribution in [0.1, 0.15) is 57.8 Å². The Morgan fingerprint density at radius 3 is 2.35 bits per heavy atom. The molecule has 2 fully saturated rings. The first-order chi connectivity index (χ1) is 18.9. The lowest BCUT2D eigenvalue weighted by molar-refractivity contribution is -0.139. The van der Waals surface area contributed by atoms with E-state index < -0.39 is 41.4 Å². The lowest BCUT2D eigenvalue weighted by atomic mass is 9.89. The highest BCUT2D eigenvalue weighted by Crippen LogP contribution is 2.51. The molecule has 2 heterocycles. The number of pyridine rings is 1. The van der Waals surface area contributed by atoms with E-state index in [4.69, 9.17) is 14.2 Å². The van der Waals surface area contributed by atoms with E-state index >= 15 is 8.78 Å². The van der Waals surface area contributed by atoms with Gasteiger partial charge in [-0.2, -0.15) is 26.2 Å². The second-order valence-electron chi connectivity index (χ2n) is 11.5. The van der Waals surface area contributed by atoms with Crippen LogP contribution >= 0.6 is 11.8 Å². The van der Waals surface area contributed by atoms with Crippen LogP contribution in [0, 0.1) is 43.4 Å². The van der Waals surface area contributed by atoms with Crippen molar-refractivity contribution in [1.29, 1.82) is 0 Å². The SMILES string of the molecule is CSCCOCn1nc(C)c(-c2c(F)cc(OC(=O)[C@@H](NC(=O)OC(C)(C)C)C(C3CC3)C3CC3)nc2F)c1C. The number of halogens is 2. The van der Waals surface area contributed by atoms with Crippen LogP contribution in [0.4, 0.5) is 13.6 Å². The molecule has 40 heavy (non-hydrogen) atoms.